The molecule has 2 aliphatic rings. The number of morpholine rings is 1. The Labute approximate surface area is 192 Å². The number of ether oxygens (including phenoxy) is 1. The molecule has 0 saturated carbocycles. The summed E-state index contributed by atoms with van der Waals surface area (Å²) < 4.78 is 8.13. The first-order valence-corrected chi connectivity index (χ1v) is 11.6. The van der Waals surface area contributed by atoms with E-state index in [4.69, 9.17) is 9.73 Å². The van der Waals surface area contributed by atoms with E-state index < -0.39 is 0 Å². The lowest BCUT2D eigenvalue weighted by Crippen LogP contribution is -2.36. The van der Waals surface area contributed by atoms with Gasteiger partial charge in [-0.1, -0.05) is 27.3 Å². The predicted octanol–water partition coefficient (Wildman–Crippen LogP) is 4.88. The number of fused-ring (bicyclic) bond motifs is 1. The van der Waals surface area contributed by atoms with Crippen LogP contribution in [0, 0.1) is 0 Å². The maximum atomic E-state index is 10.7. The van der Waals surface area contributed by atoms with Crippen molar-refractivity contribution in [1.29, 1.82) is 0 Å². The quantitative estimate of drug-likeness (QED) is 0.561. The van der Waals surface area contributed by atoms with Crippen molar-refractivity contribution < 1.29 is 9.84 Å². The van der Waals surface area contributed by atoms with Gasteiger partial charge in [0.2, 0.25) is 5.88 Å². The fraction of sp³-hybridized carbons (Fsp3) is 0.217. The molecule has 3 heterocycles. The number of nitrogens with zero attached hydrogens (tertiary/aromatic N) is 4. The lowest BCUT2D eigenvalue weighted by atomic mass is 10.1. The summed E-state index contributed by atoms with van der Waals surface area (Å²) in [6, 6.07) is 14.2. The molecule has 0 spiro atoms. The van der Waals surface area contributed by atoms with Gasteiger partial charge in [-0.25, -0.2) is 4.99 Å². The molecule has 158 valence electrons. The summed E-state index contributed by atoms with van der Waals surface area (Å²) in [6.07, 6.45) is 3.79. The van der Waals surface area contributed by atoms with Crippen molar-refractivity contribution in [1.82, 2.24) is 4.57 Å². The van der Waals surface area contributed by atoms with Crippen molar-refractivity contribution in [3.8, 4) is 5.88 Å². The van der Waals surface area contributed by atoms with E-state index in [1.165, 1.54) is 17.0 Å². The van der Waals surface area contributed by atoms with E-state index in [9.17, 15) is 5.11 Å². The zero-order chi connectivity index (χ0) is 21.4. The maximum Gasteiger partial charge on any atom is 0.210 e. The minimum absolute atomic E-state index is 0.193. The van der Waals surface area contributed by atoms with Gasteiger partial charge in [-0.15, -0.1) is 0 Å². The van der Waals surface area contributed by atoms with Crippen LogP contribution in [0.2, 0.25) is 0 Å². The topological polar surface area (TPSA) is 62.3 Å². The molecule has 3 aromatic rings. The Morgan fingerprint density at radius 3 is 2.71 bits per heavy atom. The van der Waals surface area contributed by atoms with E-state index in [2.05, 4.69) is 38.0 Å². The molecule has 0 amide bonds. The molecular formula is C23H21BrN4O2S. The summed E-state index contributed by atoms with van der Waals surface area (Å²) in [4.78, 5) is 13.0. The third-order valence-corrected chi connectivity index (χ3v) is 6.94. The van der Waals surface area contributed by atoms with Gasteiger partial charge in [0, 0.05) is 47.6 Å². The second-order valence-electron chi connectivity index (χ2n) is 7.38. The van der Waals surface area contributed by atoms with Crippen LogP contribution in [0.3, 0.4) is 0 Å². The van der Waals surface area contributed by atoms with Crippen molar-refractivity contribution in [2.24, 2.45) is 17.0 Å². The van der Waals surface area contributed by atoms with Gasteiger partial charge >= 0.3 is 0 Å². The second-order valence-corrected chi connectivity index (χ2v) is 9.30. The van der Waals surface area contributed by atoms with Crippen molar-refractivity contribution in [3.63, 3.8) is 0 Å². The van der Waals surface area contributed by atoms with Gasteiger partial charge in [0.05, 0.1) is 29.5 Å². The van der Waals surface area contributed by atoms with Gasteiger partial charge in [-0.2, -0.15) is 0 Å². The van der Waals surface area contributed by atoms with E-state index in [-0.39, 0.29) is 5.88 Å². The summed E-state index contributed by atoms with van der Waals surface area (Å²) in [5.41, 5.74) is 4.97. The Bertz CT molecular complexity index is 1250. The van der Waals surface area contributed by atoms with Gasteiger partial charge in [-0.3, -0.25) is 9.56 Å². The molecule has 0 aliphatic carbocycles. The minimum Gasteiger partial charge on any atom is -0.493 e. The zero-order valence-electron chi connectivity index (χ0n) is 17.0. The maximum absolute atomic E-state index is 10.7. The van der Waals surface area contributed by atoms with Gasteiger partial charge in [0.15, 0.2) is 4.80 Å². The van der Waals surface area contributed by atoms with Crippen molar-refractivity contribution >= 4 is 62.2 Å². The number of thiazole rings is 1. The van der Waals surface area contributed by atoms with Crippen LogP contribution in [0.25, 0.3) is 11.6 Å². The zero-order valence-corrected chi connectivity index (χ0v) is 19.4. The Hall–Kier alpha value is -2.68. The number of allylic oxidation sites excluding steroid dienone is 1. The molecule has 0 atom stereocenters. The molecule has 5 rings (SSSR count). The molecule has 1 saturated heterocycles. The summed E-state index contributed by atoms with van der Waals surface area (Å²) in [6.45, 7) is 3.35. The molecule has 31 heavy (non-hydrogen) atoms. The highest BCUT2D eigenvalue weighted by Crippen LogP contribution is 2.36. The van der Waals surface area contributed by atoms with Crippen LogP contribution in [0.4, 0.5) is 17.1 Å². The van der Waals surface area contributed by atoms with E-state index >= 15 is 0 Å². The molecule has 2 aromatic carbocycles. The summed E-state index contributed by atoms with van der Waals surface area (Å²) in [5, 5.41) is 10.7. The third-order valence-electron chi connectivity index (χ3n) is 5.38. The Balaban J connectivity index is 1.45. The minimum atomic E-state index is 0.193. The van der Waals surface area contributed by atoms with E-state index in [1.54, 1.807) is 4.57 Å². The lowest BCUT2D eigenvalue weighted by molar-refractivity contribution is 0.122. The van der Waals surface area contributed by atoms with Crippen LogP contribution in [-0.2, 0) is 11.8 Å². The number of rotatable bonds is 3. The Kier molecular flexibility index (Phi) is 5.52. The highest BCUT2D eigenvalue weighted by Gasteiger charge is 2.16. The fourth-order valence-corrected chi connectivity index (χ4v) is 4.99. The van der Waals surface area contributed by atoms with E-state index in [0.29, 0.717) is 0 Å². The van der Waals surface area contributed by atoms with Crippen LogP contribution in [0.1, 0.15) is 10.4 Å². The summed E-state index contributed by atoms with van der Waals surface area (Å²) in [5.74, 6) is 0.193. The van der Waals surface area contributed by atoms with Gasteiger partial charge < -0.3 is 14.7 Å². The molecule has 0 radical (unpaired) electrons. The normalized spacial score (nSPS) is 17.5. The monoisotopic (exact) mass is 496 g/mol. The molecular weight excluding hydrogens is 476 g/mol. The number of halogens is 1. The molecule has 2 aliphatic heterocycles. The highest BCUT2D eigenvalue weighted by molar-refractivity contribution is 9.10. The number of hydrogen-bond acceptors (Lipinski definition) is 6. The van der Waals surface area contributed by atoms with Crippen LogP contribution in [0.15, 0.2) is 56.9 Å². The van der Waals surface area contributed by atoms with Crippen LogP contribution in [0.5, 0.6) is 5.88 Å². The molecule has 1 fully saturated rings. The molecule has 1 N–H and O–H groups in total. The number of benzene rings is 2. The number of anilines is 1. The number of aromatic nitrogens is 1. The average molecular weight is 497 g/mol. The van der Waals surface area contributed by atoms with E-state index in [1.807, 2.05) is 49.7 Å². The molecule has 0 unspecified atom stereocenters. The smallest absolute Gasteiger partial charge is 0.210 e. The van der Waals surface area contributed by atoms with Gasteiger partial charge in [-0.05, 0) is 48.5 Å². The third kappa shape index (κ3) is 4.11. The number of aliphatic imine (C=N–C) groups is 1. The van der Waals surface area contributed by atoms with Crippen molar-refractivity contribution in [2.45, 2.75) is 0 Å². The average Bonchev–Trinajstić information content (AvgIpc) is 3.31. The van der Waals surface area contributed by atoms with Crippen LogP contribution < -0.4 is 9.70 Å². The van der Waals surface area contributed by atoms with Crippen molar-refractivity contribution in [2.75, 3.05) is 31.2 Å². The van der Waals surface area contributed by atoms with Crippen LogP contribution >= 0.6 is 27.3 Å². The first-order valence-electron chi connectivity index (χ1n) is 10.0. The Morgan fingerprint density at radius 1 is 1.16 bits per heavy atom. The number of hydrogen-bond donors (Lipinski definition) is 1. The first-order chi connectivity index (χ1) is 15.1. The first kappa shape index (κ1) is 20.2. The molecule has 0 bridgehead atoms. The fourth-order valence-electron chi connectivity index (χ4n) is 3.65. The molecule has 6 nitrogen and oxygen atoms in total. The van der Waals surface area contributed by atoms with Gasteiger partial charge in [0.1, 0.15) is 0 Å². The highest BCUT2D eigenvalue weighted by atomic mass is 79.9. The lowest BCUT2D eigenvalue weighted by Gasteiger charge is -2.28. The van der Waals surface area contributed by atoms with Crippen molar-refractivity contribution in [3.05, 3.63) is 62.2 Å². The van der Waals surface area contributed by atoms with Crippen LogP contribution in [-0.4, -0.2) is 42.2 Å². The van der Waals surface area contributed by atoms with E-state index in [0.717, 1.165) is 63.0 Å². The standard InChI is InChI=1S/C23H21BrN4O2S/c1-27-22(29)21(12-15-14-25-20-7-2-16(24)13-19(15)20)31-23(27)26-17-3-5-18(6-4-17)28-8-10-30-11-9-28/h2-7,12-14,29H,8-11H2,1H3/b15-12+,26-23?. The predicted molar refractivity (Wildman–Crippen MR) is 130 cm³/mol. The van der Waals surface area contributed by atoms with Gasteiger partial charge in [0.25, 0.3) is 0 Å². The number of aromatic hydroxyl groups is 1. The largest absolute Gasteiger partial charge is 0.493 e. The second kappa shape index (κ2) is 8.45. The molecule has 8 heteroatoms. The molecule has 1 aromatic heterocycles. The SMILES string of the molecule is Cn1c(O)c(/C=C2\C=Nc3ccc(Br)cc32)sc1=Nc1ccc(N2CCOCC2)cc1. The summed E-state index contributed by atoms with van der Waals surface area (Å²) >= 11 is 4.97. The Morgan fingerprint density at radius 2 is 1.94 bits per heavy atom. The summed E-state index contributed by atoms with van der Waals surface area (Å²) in [7, 11) is 1.82.